The quantitative estimate of drug-likeness (QED) is 0.790. The number of hydrogen-bond acceptors (Lipinski definition) is 3. The molecule has 0 aliphatic carbocycles. The zero-order valence-electron chi connectivity index (χ0n) is 9.93. The van der Waals surface area contributed by atoms with Crippen molar-refractivity contribution in [1.82, 2.24) is 0 Å². The molecule has 0 fully saturated rings. The van der Waals surface area contributed by atoms with E-state index < -0.39 is 11.3 Å². The van der Waals surface area contributed by atoms with Crippen LogP contribution in [0, 0.1) is 5.92 Å². The molecule has 4 nitrogen and oxygen atoms in total. The topological polar surface area (TPSA) is 69.2 Å². The van der Waals surface area contributed by atoms with E-state index >= 15 is 0 Å². The molecule has 0 saturated heterocycles. The van der Waals surface area contributed by atoms with Crippen molar-refractivity contribution >= 4 is 22.7 Å². The summed E-state index contributed by atoms with van der Waals surface area (Å²) >= 11 is -2.29. The van der Waals surface area contributed by atoms with Crippen LogP contribution in [0.3, 0.4) is 0 Å². The molecule has 0 saturated carbocycles. The van der Waals surface area contributed by atoms with Gasteiger partial charge in [-0.3, -0.25) is 9.00 Å². The second-order valence-electron chi connectivity index (χ2n) is 4.15. The van der Waals surface area contributed by atoms with Crippen LogP contribution in [0.4, 0.5) is 5.69 Å². The Hall–Kier alpha value is -1.20. The minimum Gasteiger partial charge on any atom is -0.755 e. The van der Waals surface area contributed by atoms with E-state index in [9.17, 15) is 13.6 Å². The average molecular weight is 254 g/mol. The summed E-state index contributed by atoms with van der Waals surface area (Å²) in [6.45, 7) is 3.78. The van der Waals surface area contributed by atoms with Gasteiger partial charge in [-0.1, -0.05) is 26.0 Å². The monoisotopic (exact) mass is 254 g/mol. The van der Waals surface area contributed by atoms with Gasteiger partial charge in [0.15, 0.2) is 0 Å². The summed E-state index contributed by atoms with van der Waals surface area (Å²) in [6.07, 6.45) is 1.22. The zero-order valence-corrected chi connectivity index (χ0v) is 10.8. The number of aryl methyl sites for hydroxylation is 1. The van der Waals surface area contributed by atoms with Crippen molar-refractivity contribution in [2.24, 2.45) is 5.92 Å². The first-order chi connectivity index (χ1) is 7.99. The van der Waals surface area contributed by atoms with Gasteiger partial charge in [0, 0.05) is 29.3 Å². The van der Waals surface area contributed by atoms with Crippen molar-refractivity contribution < 1.29 is 13.6 Å². The van der Waals surface area contributed by atoms with Crippen molar-refractivity contribution in [3.8, 4) is 0 Å². The van der Waals surface area contributed by atoms with Gasteiger partial charge in [-0.15, -0.1) is 0 Å². The lowest BCUT2D eigenvalue weighted by atomic mass is 10.0. The van der Waals surface area contributed by atoms with Crippen LogP contribution in [-0.4, -0.2) is 14.5 Å². The molecule has 1 aromatic rings. The molecule has 0 aromatic heterocycles. The number of rotatable bonds is 6. The Kier molecular flexibility index (Phi) is 5.31. The van der Waals surface area contributed by atoms with Crippen LogP contribution in [0.25, 0.3) is 0 Å². The molecule has 1 atom stereocenters. The van der Waals surface area contributed by atoms with Gasteiger partial charge < -0.3 is 9.27 Å². The minimum absolute atomic E-state index is 0.0684. The maximum Gasteiger partial charge on any atom is 0.135 e. The maximum atomic E-state index is 11.4. The summed E-state index contributed by atoms with van der Waals surface area (Å²) in [5.41, 5.74) is 1.55. The molecule has 0 bridgehead atoms. The second-order valence-corrected chi connectivity index (χ2v) is 4.83. The summed E-state index contributed by atoms with van der Waals surface area (Å²) in [4.78, 5) is 11.4. The van der Waals surface area contributed by atoms with E-state index in [0.29, 0.717) is 18.5 Å². The fourth-order valence-corrected chi connectivity index (χ4v) is 1.72. The third kappa shape index (κ3) is 5.10. The number of nitrogens with one attached hydrogen (secondary N) is 1. The van der Waals surface area contributed by atoms with Crippen LogP contribution in [0.2, 0.25) is 0 Å². The summed E-state index contributed by atoms with van der Waals surface area (Å²) in [5.74, 6) is 0.312. The normalized spacial score (nSPS) is 12.5. The fourth-order valence-electron chi connectivity index (χ4n) is 1.39. The van der Waals surface area contributed by atoms with E-state index in [1.807, 2.05) is 26.0 Å². The second kappa shape index (κ2) is 6.51. The van der Waals surface area contributed by atoms with E-state index in [2.05, 4.69) is 4.72 Å². The van der Waals surface area contributed by atoms with E-state index in [-0.39, 0.29) is 11.7 Å². The van der Waals surface area contributed by atoms with Crippen molar-refractivity contribution in [1.29, 1.82) is 0 Å². The summed E-state index contributed by atoms with van der Waals surface area (Å²) in [7, 11) is 0. The predicted octanol–water partition coefficient (Wildman–Crippen LogP) is 2.05. The van der Waals surface area contributed by atoms with Crippen LogP contribution in [0.15, 0.2) is 24.3 Å². The van der Waals surface area contributed by atoms with E-state index in [4.69, 9.17) is 0 Å². The van der Waals surface area contributed by atoms with Gasteiger partial charge in [0.25, 0.3) is 0 Å². The summed E-state index contributed by atoms with van der Waals surface area (Å²) < 4.78 is 23.0. The Balaban J connectivity index is 2.51. The van der Waals surface area contributed by atoms with E-state index in [1.165, 1.54) is 0 Å². The number of ketones is 1. The molecular formula is C12H16NO3S-. The molecule has 17 heavy (non-hydrogen) atoms. The molecule has 1 rings (SSSR count). The smallest absolute Gasteiger partial charge is 0.135 e. The van der Waals surface area contributed by atoms with Gasteiger partial charge in [0.1, 0.15) is 5.78 Å². The molecule has 94 valence electrons. The minimum atomic E-state index is -2.29. The van der Waals surface area contributed by atoms with E-state index in [1.54, 1.807) is 12.1 Å². The molecule has 1 unspecified atom stereocenters. The van der Waals surface area contributed by atoms with Gasteiger partial charge in [0.2, 0.25) is 0 Å². The van der Waals surface area contributed by atoms with E-state index in [0.717, 1.165) is 5.56 Å². The Morgan fingerprint density at radius 2 is 1.94 bits per heavy atom. The zero-order chi connectivity index (χ0) is 12.8. The number of benzene rings is 1. The molecule has 0 spiro atoms. The highest BCUT2D eigenvalue weighted by Gasteiger charge is 2.06. The van der Waals surface area contributed by atoms with Crippen LogP contribution in [-0.2, 0) is 22.5 Å². The van der Waals surface area contributed by atoms with Gasteiger partial charge >= 0.3 is 0 Å². The van der Waals surface area contributed by atoms with Crippen molar-refractivity contribution in [3.63, 3.8) is 0 Å². The van der Waals surface area contributed by atoms with Gasteiger partial charge in [-0.25, -0.2) is 0 Å². The highest BCUT2D eigenvalue weighted by Crippen LogP contribution is 2.12. The first kappa shape index (κ1) is 13.9. The summed E-state index contributed by atoms with van der Waals surface area (Å²) in [6, 6.07) is 7.02. The number of Topliss-reactive ketones (excluding diaryl/α,β-unsaturated/α-hetero) is 1. The molecular weight excluding hydrogens is 238 g/mol. The average Bonchev–Trinajstić information content (AvgIpc) is 2.26. The summed E-state index contributed by atoms with van der Waals surface area (Å²) in [5, 5.41) is 0. The lowest BCUT2D eigenvalue weighted by Crippen LogP contribution is -2.08. The van der Waals surface area contributed by atoms with Crippen LogP contribution < -0.4 is 4.72 Å². The Bertz CT molecular complexity index is 401. The Morgan fingerprint density at radius 1 is 1.35 bits per heavy atom. The number of carbonyl (C=O) groups excluding carboxylic acids is 1. The third-order valence-corrected chi connectivity index (χ3v) is 2.86. The first-order valence-electron chi connectivity index (χ1n) is 5.46. The molecule has 0 aliphatic rings. The Morgan fingerprint density at radius 3 is 2.41 bits per heavy atom. The van der Waals surface area contributed by atoms with Crippen LogP contribution >= 0.6 is 0 Å². The van der Waals surface area contributed by atoms with Crippen molar-refractivity contribution in [2.45, 2.75) is 26.7 Å². The largest absolute Gasteiger partial charge is 0.755 e. The maximum absolute atomic E-state index is 11.4. The highest BCUT2D eigenvalue weighted by atomic mass is 32.2. The lowest BCUT2D eigenvalue weighted by molar-refractivity contribution is -0.121. The van der Waals surface area contributed by atoms with Gasteiger partial charge in [0.05, 0.1) is 0 Å². The first-order valence-corrected chi connectivity index (χ1v) is 6.54. The molecule has 1 N–H and O–H groups in total. The van der Waals surface area contributed by atoms with Crippen LogP contribution in [0.1, 0.15) is 25.8 Å². The number of hydrogen-bond donors (Lipinski definition) is 1. The van der Waals surface area contributed by atoms with Crippen molar-refractivity contribution in [2.75, 3.05) is 4.72 Å². The van der Waals surface area contributed by atoms with Gasteiger partial charge in [-0.05, 0) is 24.1 Å². The number of anilines is 1. The molecule has 1 aromatic carbocycles. The molecule has 0 radical (unpaired) electrons. The highest BCUT2D eigenvalue weighted by molar-refractivity contribution is 7.80. The lowest BCUT2D eigenvalue weighted by Gasteiger charge is -2.09. The SMILES string of the molecule is CC(C)C(=O)CCc1ccc(NS(=O)[O-])cc1. The number of carbonyl (C=O) groups is 1. The fraction of sp³-hybridized carbons (Fsp3) is 0.417. The third-order valence-electron chi connectivity index (χ3n) is 2.46. The standard InChI is InChI=1S/C12H17NO3S/c1-9(2)12(14)8-5-10-3-6-11(7-4-10)13-17(15)16/h3-4,6-7,9,13H,5,8H2,1-2H3,(H,15,16)/p-1. The van der Waals surface area contributed by atoms with Crippen molar-refractivity contribution in [3.05, 3.63) is 29.8 Å². The van der Waals surface area contributed by atoms with Crippen LogP contribution in [0.5, 0.6) is 0 Å². The van der Waals surface area contributed by atoms with Gasteiger partial charge in [-0.2, -0.15) is 0 Å². The predicted molar refractivity (Wildman–Crippen MR) is 67.2 cm³/mol. The molecule has 0 amide bonds. The molecule has 0 aliphatic heterocycles. The Labute approximate surface area is 104 Å². The molecule has 5 heteroatoms. The molecule has 0 heterocycles.